The molecule has 214 valence electrons. The maximum atomic E-state index is 14.0. The first-order chi connectivity index (χ1) is 19.0. The van der Waals surface area contributed by atoms with E-state index in [1.807, 2.05) is 45.0 Å². The van der Waals surface area contributed by atoms with Gasteiger partial charge < -0.3 is 15.0 Å². The number of carbonyl (C=O) groups is 2. The lowest BCUT2D eigenvalue weighted by molar-refractivity contribution is -0.139. The van der Waals surface area contributed by atoms with E-state index in [1.165, 1.54) is 17.0 Å². The lowest BCUT2D eigenvalue weighted by Gasteiger charge is -2.32. The SMILES string of the molecule is CCOc1ccc(N(CC(=O)N(Cc2cccc(Br)c2)[C@@H](C)C(=O)NCC(C)C)S(=O)(=O)c2ccccc2)cc1. The Morgan fingerprint density at radius 3 is 2.23 bits per heavy atom. The smallest absolute Gasteiger partial charge is 0.264 e. The van der Waals surface area contributed by atoms with Crippen molar-refractivity contribution in [3.05, 3.63) is 88.9 Å². The Balaban J connectivity index is 2.00. The lowest BCUT2D eigenvalue weighted by atomic mass is 10.1. The largest absolute Gasteiger partial charge is 0.494 e. The zero-order valence-corrected chi connectivity index (χ0v) is 25.6. The fourth-order valence-electron chi connectivity index (χ4n) is 3.99. The predicted octanol–water partition coefficient (Wildman–Crippen LogP) is 5.23. The summed E-state index contributed by atoms with van der Waals surface area (Å²) in [5, 5.41) is 2.89. The summed E-state index contributed by atoms with van der Waals surface area (Å²) in [7, 11) is -4.12. The molecule has 3 aromatic carbocycles. The van der Waals surface area contributed by atoms with Crippen LogP contribution >= 0.6 is 15.9 Å². The van der Waals surface area contributed by atoms with Crippen molar-refractivity contribution in [1.82, 2.24) is 10.2 Å². The van der Waals surface area contributed by atoms with Gasteiger partial charge in [0.05, 0.1) is 17.2 Å². The van der Waals surface area contributed by atoms with Crippen LogP contribution in [-0.4, -0.2) is 50.9 Å². The minimum absolute atomic E-state index is 0.0537. The summed E-state index contributed by atoms with van der Waals surface area (Å²) >= 11 is 3.46. The van der Waals surface area contributed by atoms with Gasteiger partial charge in [-0.2, -0.15) is 0 Å². The maximum absolute atomic E-state index is 14.0. The second-order valence-electron chi connectivity index (χ2n) is 9.72. The van der Waals surface area contributed by atoms with E-state index >= 15 is 0 Å². The average Bonchev–Trinajstić information content (AvgIpc) is 2.94. The molecule has 0 bridgehead atoms. The normalized spacial score (nSPS) is 12.1. The van der Waals surface area contributed by atoms with Crippen LogP contribution in [0.15, 0.2) is 88.2 Å². The molecule has 0 saturated heterocycles. The Morgan fingerprint density at radius 1 is 0.950 bits per heavy atom. The Morgan fingerprint density at radius 2 is 1.62 bits per heavy atom. The number of hydrogen-bond acceptors (Lipinski definition) is 5. The third-order valence-electron chi connectivity index (χ3n) is 6.14. The van der Waals surface area contributed by atoms with Crippen LogP contribution in [0.4, 0.5) is 5.69 Å². The monoisotopic (exact) mass is 629 g/mol. The van der Waals surface area contributed by atoms with Gasteiger partial charge in [-0.05, 0) is 73.9 Å². The number of halogens is 1. The summed E-state index contributed by atoms with van der Waals surface area (Å²) < 4.78 is 35.1. The molecule has 0 aliphatic heterocycles. The van der Waals surface area contributed by atoms with Gasteiger partial charge in [0, 0.05) is 17.6 Å². The van der Waals surface area contributed by atoms with Crippen LogP contribution in [-0.2, 0) is 26.2 Å². The van der Waals surface area contributed by atoms with E-state index in [0.717, 1.165) is 14.3 Å². The molecule has 3 rings (SSSR count). The molecule has 0 fully saturated rings. The molecule has 0 unspecified atom stereocenters. The van der Waals surface area contributed by atoms with Gasteiger partial charge in [0.25, 0.3) is 10.0 Å². The summed E-state index contributed by atoms with van der Waals surface area (Å²) in [4.78, 5) is 28.5. The molecule has 0 aliphatic rings. The summed E-state index contributed by atoms with van der Waals surface area (Å²) in [6, 6.07) is 21.1. The third-order valence-corrected chi connectivity index (χ3v) is 8.42. The van der Waals surface area contributed by atoms with Crippen LogP contribution in [0.1, 0.15) is 33.3 Å². The Hall–Kier alpha value is -3.37. The van der Waals surface area contributed by atoms with Crippen LogP contribution < -0.4 is 14.4 Å². The molecule has 8 nitrogen and oxygen atoms in total. The van der Waals surface area contributed by atoms with E-state index in [-0.39, 0.29) is 23.3 Å². The third kappa shape index (κ3) is 8.32. The molecular formula is C30H36BrN3O5S. The Labute approximate surface area is 245 Å². The van der Waals surface area contributed by atoms with Gasteiger partial charge in [0.2, 0.25) is 11.8 Å². The van der Waals surface area contributed by atoms with Crippen molar-refractivity contribution < 1.29 is 22.7 Å². The molecule has 10 heteroatoms. The van der Waals surface area contributed by atoms with Crippen LogP contribution in [0.25, 0.3) is 0 Å². The van der Waals surface area contributed by atoms with Gasteiger partial charge >= 0.3 is 0 Å². The molecule has 40 heavy (non-hydrogen) atoms. The second kappa shape index (κ2) is 14.3. The first-order valence-electron chi connectivity index (χ1n) is 13.1. The van der Waals surface area contributed by atoms with Crippen molar-refractivity contribution in [3.8, 4) is 5.75 Å². The highest BCUT2D eigenvalue weighted by molar-refractivity contribution is 9.10. The zero-order valence-electron chi connectivity index (χ0n) is 23.2. The van der Waals surface area contributed by atoms with Crippen molar-refractivity contribution in [3.63, 3.8) is 0 Å². The topological polar surface area (TPSA) is 96.0 Å². The predicted molar refractivity (Wildman–Crippen MR) is 161 cm³/mol. The molecule has 0 radical (unpaired) electrons. The van der Waals surface area contributed by atoms with Crippen molar-refractivity contribution in [1.29, 1.82) is 0 Å². The van der Waals surface area contributed by atoms with Crippen molar-refractivity contribution in [2.75, 3.05) is 24.0 Å². The number of nitrogens with one attached hydrogen (secondary N) is 1. The molecule has 0 aliphatic carbocycles. The van der Waals surface area contributed by atoms with E-state index in [2.05, 4.69) is 21.2 Å². The number of ether oxygens (including phenoxy) is 1. The standard InChI is InChI=1S/C30H36BrN3O5S/c1-5-39-27-16-14-26(15-17-27)34(40(37,38)28-12-7-6-8-13-28)21-29(35)33(20-24-10-9-11-25(31)18-24)23(4)30(36)32-19-22(2)3/h6-18,22-23H,5,19-21H2,1-4H3,(H,32,36)/t23-/m0/s1. The fourth-order valence-corrected chi connectivity index (χ4v) is 5.87. The molecule has 1 N–H and O–H groups in total. The van der Waals surface area contributed by atoms with Gasteiger partial charge in [-0.3, -0.25) is 13.9 Å². The van der Waals surface area contributed by atoms with Crippen molar-refractivity contribution in [2.45, 2.75) is 45.2 Å². The van der Waals surface area contributed by atoms with Crippen LogP contribution in [0.5, 0.6) is 5.75 Å². The van der Waals surface area contributed by atoms with E-state index < -0.39 is 28.5 Å². The molecule has 0 aromatic heterocycles. The van der Waals surface area contributed by atoms with E-state index in [9.17, 15) is 18.0 Å². The number of nitrogens with zero attached hydrogens (tertiary/aromatic N) is 2. The van der Waals surface area contributed by atoms with Crippen LogP contribution in [0, 0.1) is 5.92 Å². The van der Waals surface area contributed by atoms with Crippen molar-refractivity contribution in [2.24, 2.45) is 5.92 Å². The number of sulfonamides is 1. The van der Waals surface area contributed by atoms with Crippen molar-refractivity contribution >= 4 is 43.5 Å². The van der Waals surface area contributed by atoms with Gasteiger partial charge in [-0.15, -0.1) is 0 Å². The molecule has 0 spiro atoms. The molecule has 2 amide bonds. The van der Waals surface area contributed by atoms with Gasteiger partial charge in [0.15, 0.2) is 0 Å². The van der Waals surface area contributed by atoms with E-state index in [0.29, 0.717) is 24.6 Å². The first-order valence-corrected chi connectivity index (χ1v) is 15.4. The summed E-state index contributed by atoms with van der Waals surface area (Å²) in [5.41, 5.74) is 1.10. The fraction of sp³-hybridized carbons (Fsp3) is 0.333. The Kier molecular flexibility index (Phi) is 11.2. The van der Waals surface area contributed by atoms with Gasteiger partial charge in [0.1, 0.15) is 18.3 Å². The average molecular weight is 631 g/mol. The highest BCUT2D eigenvalue weighted by Crippen LogP contribution is 2.27. The number of benzene rings is 3. The minimum atomic E-state index is -4.12. The molecular weight excluding hydrogens is 594 g/mol. The summed E-state index contributed by atoms with van der Waals surface area (Å²) in [5.74, 6) is -0.00551. The second-order valence-corrected chi connectivity index (χ2v) is 12.5. The first kappa shape index (κ1) is 31.2. The molecule has 0 saturated carbocycles. The number of amides is 2. The van der Waals surface area contributed by atoms with E-state index in [4.69, 9.17) is 4.74 Å². The lowest BCUT2D eigenvalue weighted by Crippen LogP contribution is -2.51. The number of rotatable bonds is 13. The molecule has 0 heterocycles. The molecule has 3 aromatic rings. The minimum Gasteiger partial charge on any atom is -0.494 e. The van der Waals surface area contributed by atoms with Crippen LogP contribution in [0.3, 0.4) is 0 Å². The highest BCUT2D eigenvalue weighted by atomic mass is 79.9. The maximum Gasteiger partial charge on any atom is 0.264 e. The van der Waals surface area contributed by atoms with Gasteiger partial charge in [-0.1, -0.05) is 60.1 Å². The van der Waals surface area contributed by atoms with E-state index in [1.54, 1.807) is 49.4 Å². The quantitative estimate of drug-likeness (QED) is 0.279. The molecule has 1 atom stereocenters. The summed E-state index contributed by atoms with van der Waals surface area (Å²) in [6.07, 6.45) is 0. The number of hydrogen-bond donors (Lipinski definition) is 1. The van der Waals surface area contributed by atoms with Crippen LogP contribution in [0.2, 0.25) is 0 Å². The summed E-state index contributed by atoms with van der Waals surface area (Å²) in [6.45, 7) is 8.03. The van der Waals surface area contributed by atoms with Gasteiger partial charge in [-0.25, -0.2) is 8.42 Å². The zero-order chi connectivity index (χ0) is 29.3. The number of anilines is 1. The number of carbonyl (C=O) groups excluding carboxylic acids is 2. The highest BCUT2D eigenvalue weighted by Gasteiger charge is 2.32. The Bertz CT molecular complexity index is 1380.